The molecule has 1 aromatic heterocycles. The Hall–Kier alpha value is -2.02. The molecule has 0 amide bonds. The maximum atomic E-state index is 12.2. The molecule has 2 aromatic carbocycles. The molecule has 1 N–H and O–H groups in total. The molecule has 0 saturated heterocycles. The number of benzene rings is 2. The van der Waals surface area contributed by atoms with Crippen molar-refractivity contribution in [2.75, 3.05) is 36.3 Å². The largest absolute Gasteiger partial charge is 0.748 e. The molecule has 2 aliphatic rings. The Morgan fingerprint density at radius 1 is 1.11 bits per heavy atom. The number of fused-ring (bicyclic) bond motifs is 2. The van der Waals surface area contributed by atoms with Gasteiger partial charge in [0.1, 0.15) is 4.70 Å². The van der Waals surface area contributed by atoms with Gasteiger partial charge in [-0.25, -0.2) is 8.42 Å². The fourth-order valence-electron chi connectivity index (χ4n) is 5.39. The smallest absolute Gasteiger partial charge is 0.264 e. The molecule has 2 heterocycles. The summed E-state index contributed by atoms with van der Waals surface area (Å²) in [5.41, 5.74) is 4.03. The lowest BCUT2D eigenvalue weighted by Crippen LogP contribution is -2.36. The van der Waals surface area contributed by atoms with Gasteiger partial charge in [-0.3, -0.25) is 8.76 Å². The number of hydrogen-bond acceptors (Lipinski definition) is 11. The fraction of sp³-hybridized carbons (Fsp3) is 0.367. The van der Waals surface area contributed by atoms with Gasteiger partial charge < -0.3 is 13.6 Å². The molecule has 10 nitrogen and oxygen atoms in total. The third-order valence-electron chi connectivity index (χ3n) is 7.39. The van der Waals surface area contributed by atoms with Crippen LogP contribution in [-0.4, -0.2) is 61.6 Å². The second-order valence-electron chi connectivity index (χ2n) is 10.8. The van der Waals surface area contributed by atoms with Crippen molar-refractivity contribution < 1.29 is 38.9 Å². The Morgan fingerprint density at radius 3 is 2.63 bits per heavy atom. The number of rotatable bonds is 13. The molecule has 248 valence electrons. The van der Waals surface area contributed by atoms with E-state index in [0.29, 0.717) is 18.0 Å². The molecule has 3 aromatic rings. The van der Waals surface area contributed by atoms with Crippen molar-refractivity contribution in [1.82, 2.24) is 0 Å². The number of thiazole rings is 1. The molecule has 0 saturated carbocycles. The third kappa shape index (κ3) is 9.32. The Kier molecular flexibility index (Phi) is 11.5. The Balaban J connectivity index is 1.48. The molecule has 1 unspecified atom stereocenters. The Morgan fingerprint density at radius 2 is 1.91 bits per heavy atom. The topological polar surface area (TPSA) is 145 Å². The number of thioether (sulfide) groups is 1. The van der Waals surface area contributed by atoms with Crippen molar-refractivity contribution in [3.63, 3.8) is 0 Å². The van der Waals surface area contributed by atoms with Crippen LogP contribution < -0.4 is 9.47 Å². The summed E-state index contributed by atoms with van der Waals surface area (Å²) in [6.07, 6.45) is 11.1. The van der Waals surface area contributed by atoms with Crippen molar-refractivity contribution >= 4 is 88.2 Å². The maximum Gasteiger partial charge on any atom is 0.264 e. The lowest BCUT2D eigenvalue weighted by molar-refractivity contribution is -0.668. The monoisotopic (exact) mass is 742 g/mol. The molecular formula is C30H34N2O8S6. The molecule has 0 fully saturated rings. The highest BCUT2D eigenvalue weighted by atomic mass is 32.2. The van der Waals surface area contributed by atoms with E-state index in [1.54, 1.807) is 36.5 Å². The first-order valence-corrected chi connectivity index (χ1v) is 21.5. The molecule has 1 aliphatic carbocycles. The summed E-state index contributed by atoms with van der Waals surface area (Å²) >= 11 is 4.41. The van der Waals surface area contributed by atoms with Gasteiger partial charge in [0.2, 0.25) is 5.52 Å². The van der Waals surface area contributed by atoms with Gasteiger partial charge >= 0.3 is 0 Å². The zero-order valence-corrected chi connectivity index (χ0v) is 30.1. The average molecular weight is 743 g/mol. The number of aryl methyl sites for hydroxylation is 1. The minimum atomic E-state index is -4.33. The van der Waals surface area contributed by atoms with Crippen LogP contribution in [0.15, 0.2) is 79.4 Å². The molecule has 0 spiro atoms. The van der Waals surface area contributed by atoms with Gasteiger partial charge in [-0.15, -0.1) is 0 Å². The summed E-state index contributed by atoms with van der Waals surface area (Å²) in [5, 5.41) is 1.88. The first kappa shape index (κ1) is 35.3. The van der Waals surface area contributed by atoms with Crippen LogP contribution >= 0.6 is 35.1 Å². The first-order chi connectivity index (χ1) is 21.8. The first-order valence-electron chi connectivity index (χ1n) is 14.4. The number of aromatic nitrogens is 1. The standard InChI is InChI=1S/C30H34N2O8S6/c1-40-43-23-8-10-27-25(19-23)31(12-4-14-45(34,35)36)29(41-27)17-21-6-3-7-22(16-21)18-30-32(13-5-15-46(37,38)39)26-20-24(44(2)33)9-11-28(26)42-30/h8-11,16-20H,3-7,12-15H2,1-2H3,(H-,34,35,36,37,38,39). The van der Waals surface area contributed by atoms with Gasteiger partial charge in [0.15, 0.2) is 6.54 Å². The average Bonchev–Trinajstić information content (AvgIpc) is 3.48. The van der Waals surface area contributed by atoms with E-state index in [0.717, 1.165) is 66.1 Å². The minimum Gasteiger partial charge on any atom is -0.748 e. The van der Waals surface area contributed by atoms with Crippen molar-refractivity contribution in [2.45, 2.75) is 53.3 Å². The molecule has 5 rings (SSSR count). The zero-order chi connectivity index (χ0) is 33.1. The van der Waals surface area contributed by atoms with E-state index in [-0.39, 0.29) is 18.6 Å². The number of nitrogens with zero attached hydrogens (tertiary/aromatic N) is 2. The molecule has 46 heavy (non-hydrogen) atoms. The number of allylic oxidation sites excluding steroid dienone is 4. The predicted molar refractivity (Wildman–Crippen MR) is 185 cm³/mol. The van der Waals surface area contributed by atoms with Gasteiger partial charge in [0.05, 0.1) is 33.7 Å². The third-order valence-corrected chi connectivity index (χ3v) is 12.7. The van der Waals surface area contributed by atoms with E-state index in [1.807, 2.05) is 41.3 Å². The van der Waals surface area contributed by atoms with E-state index >= 15 is 0 Å². The van der Waals surface area contributed by atoms with E-state index in [4.69, 9.17) is 4.18 Å². The number of anilines is 1. The lowest BCUT2D eigenvalue weighted by atomic mass is 9.95. The maximum absolute atomic E-state index is 12.2. The van der Waals surface area contributed by atoms with Crippen LogP contribution in [-0.2, 0) is 41.8 Å². The lowest BCUT2D eigenvalue weighted by Gasteiger charge is -2.22. The second-order valence-corrected chi connectivity index (χ2v) is 18.4. The predicted octanol–water partition coefficient (Wildman–Crippen LogP) is 5.74. The number of hydrogen-bond donors (Lipinski definition) is 1. The van der Waals surface area contributed by atoms with Crippen molar-refractivity contribution in [2.24, 2.45) is 0 Å². The highest BCUT2D eigenvalue weighted by molar-refractivity contribution is 8.03. The summed E-state index contributed by atoms with van der Waals surface area (Å²) in [4.78, 5) is 4.61. The van der Waals surface area contributed by atoms with Crippen LogP contribution in [0.1, 0.15) is 37.1 Å². The quantitative estimate of drug-likeness (QED) is 0.130. The van der Waals surface area contributed by atoms with Gasteiger partial charge in [-0.05, 0) is 73.2 Å². The van der Waals surface area contributed by atoms with E-state index in [9.17, 15) is 30.1 Å². The normalized spacial score (nSPS) is 18.0. The van der Waals surface area contributed by atoms with Gasteiger partial charge in [0, 0.05) is 74.6 Å². The summed E-state index contributed by atoms with van der Waals surface area (Å²) < 4.78 is 86.6. The van der Waals surface area contributed by atoms with Crippen LogP contribution in [0.25, 0.3) is 16.3 Å². The van der Waals surface area contributed by atoms with Crippen molar-refractivity contribution in [3.8, 4) is 0 Å². The summed E-state index contributed by atoms with van der Waals surface area (Å²) in [6.45, 7) is 0.742. The van der Waals surface area contributed by atoms with Gasteiger partial charge in [-0.1, -0.05) is 29.2 Å². The molecule has 0 bridgehead atoms. The van der Waals surface area contributed by atoms with Crippen LogP contribution in [0.2, 0.25) is 0 Å². The summed E-state index contributed by atoms with van der Waals surface area (Å²) in [7, 11) is -8.01. The minimum absolute atomic E-state index is 0.200. The molecule has 1 aliphatic heterocycles. The Bertz CT molecular complexity index is 1970. The van der Waals surface area contributed by atoms with Crippen molar-refractivity contribution in [3.05, 3.63) is 69.7 Å². The molecule has 1 atom stereocenters. The Labute approximate surface area is 284 Å². The van der Waals surface area contributed by atoms with Crippen LogP contribution in [0, 0.1) is 0 Å². The van der Waals surface area contributed by atoms with Gasteiger partial charge in [-0.2, -0.15) is 13.0 Å². The molecule has 16 heteroatoms. The summed E-state index contributed by atoms with van der Waals surface area (Å²) in [5.74, 6) is -0.790. The van der Waals surface area contributed by atoms with Gasteiger partial charge in [0.25, 0.3) is 15.1 Å². The van der Waals surface area contributed by atoms with Crippen LogP contribution in [0.3, 0.4) is 0 Å². The highest BCUT2D eigenvalue weighted by Gasteiger charge is 2.27. The van der Waals surface area contributed by atoms with E-state index in [2.05, 4.69) is 22.8 Å². The second kappa shape index (κ2) is 15.0. The van der Waals surface area contributed by atoms with E-state index in [1.165, 1.54) is 12.0 Å². The highest BCUT2D eigenvalue weighted by Crippen LogP contribution is 2.47. The fourth-order valence-corrected chi connectivity index (χ4v) is 9.67. The summed E-state index contributed by atoms with van der Waals surface area (Å²) in [6, 6.07) is 11.6. The SMILES string of the molecule is COSc1ccc2sc(/C=C3C=C(/C=C4\Sc5ccc(S(C)=O)cc5N4CCCS(=O)(=O)O)CCC/3)[n+](CCCS(=O)(=O)[O-])c2c1. The molecular weight excluding hydrogens is 709 g/mol. The van der Waals surface area contributed by atoms with Crippen molar-refractivity contribution in [1.29, 1.82) is 0 Å². The van der Waals surface area contributed by atoms with E-state index < -0.39 is 36.8 Å². The zero-order valence-electron chi connectivity index (χ0n) is 25.2. The van der Waals surface area contributed by atoms with Crippen LogP contribution in [0.4, 0.5) is 5.69 Å². The van der Waals surface area contributed by atoms with Crippen LogP contribution in [0.5, 0.6) is 0 Å². The molecule has 0 radical (unpaired) electrons.